The molecule has 0 radical (unpaired) electrons. The molecule has 0 saturated heterocycles. The Balaban J connectivity index is 1.61. The number of halogens is 1. The highest BCUT2D eigenvalue weighted by molar-refractivity contribution is 14.1. The summed E-state index contributed by atoms with van der Waals surface area (Å²) in [7, 11) is 0. The Hall–Kier alpha value is -3.06. The van der Waals surface area contributed by atoms with Gasteiger partial charge in [0.2, 0.25) is 0 Å². The van der Waals surface area contributed by atoms with E-state index in [0.717, 1.165) is 25.8 Å². The lowest BCUT2D eigenvalue weighted by Crippen LogP contribution is -2.02. The van der Waals surface area contributed by atoms with Gasteiger partial charge in [-0.3, -0.25) is 0 Å². The fourth-order valence-electron chi connectivity index (χ4n) is 3.33. The van der Waals surface area contributed by atoms with Gasteiger partial charge in [0.1, 0.15) is 12.4 Å². The Kier molecular flexibility index (Phi) is 6.95. The minimum Gasteiger partial charge on any atom is -0.490 e. The van der Waals surface area contributed by atoms with E-state index in [0.29, 0.717) is 36.0 Å². The second-order valence-corrected chi connectivity index (χ2v) is 8.56. The zero-order valence-corrected chi connectivity index (χ0v) is 20.1. The molecule has 3 aromatic rings. The summed E-state index contributed by atoms with van der Waals surface area (Å²) < 4.78 is 18.3. The Bertz CT molecular complexity index is 1180. The number of carbonyl (C=O) groups excluding carboxylic acids is 1. The summed E-state index contributed by atoms with van der Waals surface area (Å²) >= 11 is 2.24. The van der Waals surface area contributed by atoms with Gasteiger partial charge >= 0.3 is 5.97 Å². The van der Waals surface area contributed by atoms with Crippen molar-refractivity contribution in [3.05, 3.63) is 104 Å². The van der Waals surface area contributed by atoms with Crippen LogP contribution in [0.1, 0.15) is 29.2 Å². The molecule has 32 heavy (non-hydrogen) atoms. The summed E-state index contributed by atoms with van der Waals surface area (Å²) in [6.45, 7) is 4.92. The van der Waals surface area contributed by atoms with Crippen molar-refractivity contribution in [1.82, 2.24) is 0 Å². The van der Waals surface area contributed by atoms with E-state index in [4.69, 9.17) is 14.2 Å². The van der Waals surface area contributed by atoms with Crippen molar-refractivity contribution in [1.29, 1.82) is 0 Å². The first kappa shape index (κ1) is 22.1. The van der Waals surface area contributed by atoms with E-state index in [1.54, 1.807) is 6.08 Å². The molecule has 1 aliphatic heterocycles. The van der Waals surface area contributed by atoms with Crippen LogP contribution in [0.5, 0.6) is 11.5 Å². The van der Waals surface area contributed by atoms with Crippen molar-refractivity contribution in [3.63, 3.8) is 0 Å². The predicted molar refractivity (Wildman–Crippen MR) is 134 cm³/mol. The first-order valence-electron chi connectivity index (χ1n) is 10.4. The van der Waals surface area contributed by atoms with Gasteiger partial charge in [-0.1, -0.05) is 60.2 Å². The SMILES string of the molecule is CCOc1cc(/C=C2/C=C(c3ccc(C)cc3)OC2=O)cc(I)c1OCc1ccccc1. The molecule has 1 aliphatic rings. The first-order valence-corrected chi connectivity index (χ1v) is 11.5. The fourth-order valence-corrected chi connectivity index (χ4v) is 4.11. The van der Waals surface area contributed by atoms with Crippen molar-refractivity contribution in [2.75, 3.05) is 6.61 Å². The lowest BCUT2D eigenvalue weighted by molar-refractivity contribution is -0.130. The van der Waals surface area contributed by atoms with Crippen LogP contribution in [-0.2, 0) is 16.1 Å². The molecule has 0 aromatic heterocycles. The van der Waals surface area contributed by atoms with Crippen LogP contribution in [0, 0.1) is 10.5 Å². The molecule has 5 heteroatoms. The molecule has 0 fully saturated rings. The van der Waals surface area contributed by atoms with Gasteiger partial charge in [0.05, 0.1) is 15.8 Å². The molecule has 0 unspecified atom stereocenters. The highest BCUT2D eigenvalue weighted by Crippen LogP contribution is 2.36. The molecule has 3 aromatic carbocycles. The molecule has 0 aliphatic carbocycles. The lowest BCUT2D eigenvalue weighted by Gasteiger charge is -2.15. The maximum atomic E-state index is 12.5. The molecule has 0 atom stereocenters. The monoisotopic (exact) mass is 538 g/mol. The lowest BCUT2D eigenvalue weighted by atomic mass is 10.1. The number of carbonyl (C=O) groups is 1. The average molecular weight is 538 g/mol. The Morgan fingerprint density at radius 2 is 1.75 bits per heavy atom. The molecule has 0 amide bonds. The van der Waals surface area contributed by atoms with Gasteiger partial charge in [-0.25, -0.2) is 4.79 Å². The van der Waals surface area contributed by atoms with E-state index >= 15 is 0 Å². The van der Waals surface area contributed by atoms with Crippen molar-refractivity contribution in [3.8, 4) is 11.5 Å². The van der Waals surface area contributed by atoms with Crippen LogP contribution < -0.4 is 9.47 Å². The third-order valence-corrected chi connectivity index (χ3v) is 5.74. The number of hydrogen-bond acceptors (Lipinski definition) is 4. The van der Waals surface area contributed by atoms with E-state index in [2.05, 4.69) is 22.6 Å². The minimum atomic E-state index is -0.363. The summed E-state index contributed by atoms with van der Waals surface area (Å²) in [4.78, 5) is 12.5. The smallest absolute Gasteiger partial charge is 0.343 e. The van der Waals surface area contributed by atoms with Gasteiger partial charge < -0.3 is 14.2 Å². The van der Waals surface area contributed by atoms with Crippen LogP contribution >= 0.6 is 22.6 Å². The molecule has 0 N–H and O–H groups in total. The van der Waals surface area contributed by atoms with E-state index in [-0.39, 0.29) is 5.97 Å². The fraction of sp³-hybridized carbons (Fsp3) is 0.148. The molecular weight excluding hydrogens is 515 g/mol. The van der Waals surface area contributed by atoms with E-state index < -0.39 is 0 Å². The van der Waals surface area contributed by atoms with E-state index in [9.17, 15) is 4.79 Å². The molecule has 162 valence electrons. The minimum absolute atomic E-state index is 0.363. The first-order chi connectivity index (χ1) is 15.5. The second kappa shape index (κ2) is 10.0. The van der Waals surface area contributed by atoms with Crippen LogP contribution in [0.25, 0.3) is 11.8 Å². The van der Waals surface area contributed by atoms with Crippen molar-refractivity contribution >= 4 is 40.4 Å². The molecule has 4 rings (SSSR count). The van der Waals surface area contributed by atoms with Crippen LogP contribution in [-0.4, -0.2) is 12.6 Å². The highest BCUT2D eigenvalue weighted by atomic mass is 127. The number of esters is 1. The molecule has 0 spiro atoms. The number of cyclic esters (lactones) is 1. The Morgan fingerprint density at radius 3 is 2.47 bits per heavy atom. The van der Waals surface area contributed by atoms with Gasteiger partial charge in [-0.15, -0.1) is 0 Å². The summed E-state index contributed by atoms with van der Waals surface area (Å²) in [6, 6.07) is 21.8. The zero-order chi connectivity index (χ0) is 22.5. The maximum Gasteiger partial charge on any atom is 0.343 e. The van der Waals surface area contributed by atoms with Gasteiger partial charge in [0.25, 0.3) is 0 Å². The Morgan fingerprint density at radius 1 is 1.00 bits per heavy atom. The second-order valence-electron chi connectivity index (χ2n) is 7.40. The third kappa shape index (κ3) is 5.22. The van der Waals surface area contributed by atoms with Gasteiger partial charge in [-0.05, 0) is 71.9 Å². The number of aryl methyl sites for hydroxylation is 1. The standard InChI is InChI=1S/C27H23IO4/c1-3-30-25-15-20(14-23(28)26(25)31-17-19-7-5-4-6-8-19)13-22-16-24(32-27(22)29)21-11-9-18(2)10-12-21/h4-16H,3,17H2,1-2H3/b22-13-. The van der Waals surface area contributed by atoms with Crippen LogP contribution in [0.3, 0.4) is 0 Å². The summed E-state index contributed by atoms with van der Waals surface area (Å²) in [6.07, 6.45) is 3.59. The van der Waals surface area contributed by atoms with E-state index in [1.807, 2.05) is 86.7 Å². The van der Waals surface area contributed by atoms with Crippen LogP contribution in [0.4, 0.5) is 0 Å². The van der Waals surface area contributed by atoms with Crippen molar-refractivity contribution < 1.29 is 19.0 Å². The quantitative estimate of drug-likeness (QED) is 0.194. The largest absolute Gasteiger partial charge is 0.490 e. The highest BCUT2D eigenvalue weighted by Gasteiger charge is 2.22. The maximum absolute atomic E-state index is 12.5. The zero-order valence-electron chi connectivity index (χ0n) is 17.9. The van der Waals surface area contributed by atoms with Crippen LogP contribution in [0.2, 0.25) is 0 Å². The number of ether oxygens (including phenoxy) is 3. The summed E-state index contributed by atoms with van der Waals surface area (Å²) in [5.41, 5.74) is 4.46. The molecular formula is C27H23IO4. The van der Waals surface area contributed by atoms with Gasteiger partial charge in [-0.2, -0.15) is 0 Å². The topological polar surface area (TPSA) is 44.8 Å². The molecule has 0 saturated carbocycles. The molecule has 1 heterocycles. The van der Waals surface area contributed by atoms with Gasteiger partial charge in [0, 0.05) is 5.56 Å². The van der Waals surface area contributed by atoms with Crippen LogP contribution in [0.15, 0.2) is 78.4 Å². The number of rotatable bonds is 7. The van der Waals surface area contributed by atoms with Gasteiger partial charge in [0.15, 0.2) is 11.5 Å². The Labute approximate surface area is 201 Å². The molecule has 4 nitrogen and oxygen atoms in total. The third-order valence-electron chi connectivity index (χ3n) is 4.94. The van der Waals surface area contributed by atoms with Crippen molar-refractivity contribution in [2.24, 2.45) is 0 Å². The number of benzene rings is 3. The predicted octanol–water partition coefficient (Wildman–Crippen LogP) is 6.56. The average Bonchev–Trinajstić information content (AvgIpc) is 3.14. The molecule has 0 bridgehead atoms. The normalized spacial score (nSPS) is 14.3. The van der Waals surface area contributed by atoms with E-state index in [1.165, 1.54) is 0 Å². The summed E-state index contributed by atoms with van der Waals surface area (Å²) in [5.74, 6) is 1.54. The summed E-state index contributed by atoms with van der Waals surface area (Å²) in [5, 5.41) is 0. The number of hydrogen-bond donors (Lipinski definition) is 0. The van der Waals surface area contributed by atoms with Crippen molar-refractivity contribution in [2.45, 2.75) is 20.5 Å².